The fourth-order valence-corrected chi connectivity index (χ4v) is 1.86. The molecule has 3 heterocycles. The Labute approximate surface area is 132 Å². The molecule has 0 aliphatic heterocycles. The van der Waals surface area contributed by atoms with Crippen LogP contribution in [0.5, 0.6) is 0 Å². The van der Waals surface area contributed by atoms with Crippen LogP contribution in [0.1, 0.15) is 21.8 Å². The largest absolute Gasteiger partial charge is 0.360 e. The molecule has 0 unspecified atom stereocenters. The Kier molecular flexibility index (Phi) is 4.23. The number of carbonyl (C=O) groups excluding carboxylic acids is 1. The molecular formula is C15H14N6O2. The van der Waals surface area contributed by atoms with E-state index >= 15 is 0 Å². The van der Waals surface area contributed by atoms with Crippen LogP contribution in [0.2, 0.25) is 0 Å². The summed E-state index contributed by atoms with van der Waals surface area (Å²) in [5.74, 6) is 1.12. The summed E-state index contributed by atoms with van der Waals surface area (Å²) in [6.07, 6.45) is 4.88. The van der Waals surface area contributed by atoms with Crippen molar-refractivity contribution in [3.63, 3.8) is 0 Å². The lowest BCUT2D eigenvalue weighted by atomic mass is 10.3. The van der Waals surface area contributed by atoms with Crippen molar-refractivity contribution >= 4 is 17.7 Å². The minimum Gasteiger partial charge on any atom is -0.360 e. The van der Waals surface area contributed by atoms with Gasteiger partial charge in [-0.05, 0) is 24.6 Å². The molecule has 3 rings (SSSR count). The van der Waals surface area contributed by atoms with Crippen molar-refractivity contribution in [2.24, 2.45) is 0 Å². The van der Waals surface area contributed by atoms with Crippen molar-refractivity contribution in [2.75, 3.05) is 5.32 Å². The maximum Gasteiger partial charge on any atom is 0.270 e. The molecule has 1 amide bonds. The maximum absolute atomic E-state index is 12.1. The summed E-state index contributed by atoms with van der Waals surface area (Å²) in [7, 11) is 0. The number of aromatic nitrogens is 4. The second-order valence-corrected chi connectivity index (χ2v) is 4.76. The average Bonchev–Trinajstić information content (AvgIpc) is 2.99. The van der Waals surface area contributed by atoms with Gasteiger partial charge in [-0.1, -0.05) is 11.2 Å². The first-order valence-electron chi connectivity index (χ1n) is 6.91. The molecule has 0 saturated carbocycles. The Morgan fingerprint density at radius 3 is 2.96 bits per heavy atom. The van der Waals surface area contributed by atoms with Gasteiger partial charge in [0.05, 0.1) is 0 Å². The smallest absolute Gasteiger partial charge is 0.270 e. The van der Waals surface area contributed by atoms with Gasteiger partial charge in [0.1, 0.15) is 11.5 Å². The Morgan fingerprint density at radius 1 is 1.30 bits per heavy atom. The molecule has 0 fully saturated rings. The van der Waals surface area contributed by atoms with Gasteiger partial charge in [0, 0.05) is 31.2 Å². The van der Waals surface area contributed by atoms with Gasteiger partial charge in [-0.3, -0.25) is 9.78 Å². The van der Waals surface area contributed by atoms with E-state index in [9.17, 15) is 4.79 Å². The van der Waals surface area contributed by atoms with Crippen molar-refractivity contribution < 1.29 is 9.32 Å². The van der Waals surface area contributed by atoms with E-state index in [1.807, 2.05) is 12.1 Å². The molecule has 23 heavy (non-hydrogen) atoms. The van der Waals surface area contributed by atoms with Gasteiger partial charge < -0.3 is 15.2 Å². The van der Waals surface area contributed by atoms with Crippen LogP contribution in [0.15, 0.2) is 47.4 Å². The molecule has 0 spiro atoms. The normalized spacial score (nSPS) is 10.3. The minimum absolute atomic E-state index is 0.256. The summed E-state index contributed by atoms with van der Waals surface area (Å²) < 4.78 is 4.95. The van der Waals surface area contributed by atoms with E-state index in [-0.39, 0.29) is 17.5 Å². The molecule has 0 aromatic carbocycles. The molecule has 3 aromatic rings. The highest BCUT2D eigenvalue weighted by molar-refractivity contribution is 5.92. The summed E-state index contributed by atoms with van der Waals surface area (Å²) >= 11 is 0. The predicted molar refractivity (Wildman–Crippen MR) is 82.0 cm³/mol. The first-order valence-corrected chi connectivity index (χ1v) is 6.91. The Balaban J connectivity index is 1.65. The van der Waals surface area contributed by atoms with Crippen LogP contribution in [-0.4, -0.2) is 26.0 Å². The number of rotatable bonds is 5. The minimum atomic E-state index is -0.296. The molecule has 0 aliphatic rings. The SMILES string of the molecule is Cc1cc(Nc2nccc(C(=O)NCc3cccnc3)n2)no1. The van der Waals surface area contributed by atoms with E-state index < -0.39 is 0 Å². The number of carbonyl (C=O) groups is 1. The highest BCUT2D eigenvalue weighted by Gasteiger charge is 2.10. The van der Waals surface area contributed by atoms with Crippen molar-refractivity contribution in [1.82, 2.24) is 25.4 Å². The van der Waals surface area contributed by atoms with E-state index in [4.69, 9.17) is 4.52 Å². The molecule has 2 N–H and O–H groups in total. The fraction of sp³-hybridized carbons (Fsp3) is 0.133. The second kappa shape index (κ2) is 6.65. The highest BCUT2D eigenvalue weighted by atomic mass is 16.5. The van der Waals surface area contributed by atoms with Crippen LogP contribution in [-0.2, 0) is 6.54 Å². The van der Waals surface area contributed by atoms with Crippen LogP contribution >= 0.6 is 0 Å². The number of amides is 1. The van der Waals surface area contributed by atoms with Crippen LogP contribution < -0.4 is 10.6 Å². The van der Waals surface area contributed by atoms with Crippen molar-refractivity contribution in [2.45, 2.75) is 13.5 Å². The van der Waals surface area contributed by atoms with Crippen LogP contribution in [0.3, 0.4) is 0 Å². The molecule has 0 aliphatic carbocycles. The third-order valence-corrected chi connectivity index (χ3v) is 2.93. The zero-order chi connectivity index (χ0) is 16.1. The van der Waals surface area contributed by atoms with Gasteiger partial charge in [0.2, 0.25) is 5.95 Å². The molecule has 0 atom stereocenters. The van der Waals surface area contributed by atoms with Crippen LogP contribution in [0.4, 0.5) is 11.8 Å². The van der Waals surface area contributed by atoms with Gasteiger partial charge in [0.25, 0.3) is 5.91 Å². The Bertz CT molecular complexity index is 802. The first-order chi connectivity index (χ1) is 11.2. The molecule has 8 heteroatoms. The Hall–Kier alpha value is -3.29. The van der Waals surface area contributed by atoms with Crippen LogP contribution in [0.25, 0.3) is 0 Å². The van der Waals surface area contributed by atoms with Crippen molar-refractivity contribution in [3.8, 4) is 0 Å². The maximum atomic E-state index is 12.1. The molecule has 0 bridgehead atoms. The summed E-state index contributed by atoms with van der Waals surface area (Å²) in [6.45, 7) is 2.16. The highest BCUT2D eigenvalue weighted by Crippen LogP contribution is 2.12. The van der Waals surface area contributed by atoms with E-state index in [1.54, 1.807) is 25.4 Å². The lowest BCUT2D eigenvalue weighted by Crippen LogP contribution is -2.24. The zero-order valence-electron chi connectivity index (χ0n) is 12.4. The van der Waals surface area contributed by atoms with Gasteiger partial charge in [0.15, 0.2) is 5.82 Å². The van der Waals surface area contributed by atoms with Gasteiger partial charge >= 0.3 is 0 Å². The number of pyridine rings is 1. The molecule has 0 saturated heterocycles. The van der Waals surface area contributed by atoms with Gasteiger partial charge in [-0.25, -0.2) is 9.97 Å². The zero-order valence-corrected chi connectivity index (χ0v) is 12.4. The van der Waals surface area contributed by atoms with E-state index in [0.29, 0.717) is 18.1 Å². The summed E-state index contributed by atoms with van der Waals surface area (Å²) in [5, 5.41) is 9.44. The average molecular weight is 310 g/mol. The van der Waals surface area contributed by atoms with Crippen LogP contribution in [0, 0.1) is 6.92 Å². The molecular weight excluding hydrogens is 296 g/mol. The number of nitrogens with zero attached hydrogens (tertiary/aromatic N) is 4. The standard InChI is InChI=1S/C15H14N6O2/c1-10-7-13(21-23-10)20-15-17-6-4-12(19-15)14(22)18-9-11-3-2-5-16-8-11/h2-8H,9H2,1H3,(H,18,22)(H,17,19,20,21). The third-order valence-electron chi connectivity index (χ3n) is 2.93. The number of nitrogens with one attached hydrogen (secondary N) is 2. The predicted octanol–water partition coefficient (Wildman–Crippen LogP) is 1.84. The van der Waals surface area contributed by atoms with Crippen molar-refractivity contribution in [1.29, 1.82) is 0 Å². The first kappa shape index (κ1) is 14.6. The van der Waals surface area contributed by atoms with E-state index in [0.717, 1.165) is 5.56 Å². The van der Waals surface area contributed by atoms with E-state index in [1.165, 1.54) is 12.3 Å². The molecule has 116 valence electrons. The Morgan fingerprint density at radius 2 is 2.22 bits per heavy atom. The number of aryl methyl sites for hydroxylation is 1. The molecule has 3 aromatic heterocycles. The summed E-state index contributed by atoms with van der Waals surface area (Å²) in [4.78, 5) is 24.3. The summed E-state index contributed by atoms with van der Waals surface area (Å²) in [5.41, 5.74) is 1.16. The second-order valence-electron chi connectivity index (χ2n) is 4.76. The lowest BCUT2D eigenvalue weighted by molar-refractivity contribution is 0.0946. The third kappa shape index (κ3) is 3.88. The van der Waals surface area contributed by atoms with Crippen molar-refractivity contribution in [3.05, 3.63) is 59.9 Å². The quantitative estimate of drug-likeness (QED) is 0.740. The fourth-order valence-electron chi connectivity index (χ4n) is 1.86. The molecule has 0 radical (unpaired) electrons. The number of hydrogen-bond acceptors (Lipinski definition) is 7. The topological polar surface area (TPSA) is 106 Å². The number of anilines is 2. The van der Waals surface area contributed by atoms with Gasteiger partial charge in [-0.15, -0.1) is 0 Å². The summed E-state index contributed by atoms with van der Waals surface area (Å²) in [6, 6.07) is 6.94. The molecule has 8 nitrogen and oxygen atoms in total. The number of hydrogen-bond donors (Lipinski definition) is 2. The van der Waals surface area contributed by atoms with E-state index in [2.05, 4.69) is 30.7 Å². The van der Waals surface area contributed by atoms with Gasteiger partial charge in [-0.2, -0.15) is 0 Å². The lowest BCUT2D eigenvalue weighted by Gasteiger charge is -2.06. The monoisotopic (exact) mass is 310 g/mol.